The van der Waals surface area contributed by atoms with Gasteiger partial charge in [0.2, 0.25) is 4.77 Å². The highest BCUT2D eigenvalue weighted by molar-refractivity contribution is 7.71. The summed E-state index contributed by atoms with van der Waals surface area (Å²) < 4.78 is 1.50. The van der Waals surface area contributed by atoms with Crippen molar-refractivity contribution in [1.82, 2.24) is 9.66 Å². The molecule has 3 rings (SSSR count). The zero-order chi connectivity index (χ0) is 17.8. The van der Waals surface area contributed by atoms with E-state index in [1.165, 1.54) is 10.4 Å². The zero-order valence-electron chi connectivity index (χ0n) is 14.3. The summed E-state index contributed by atoms with van der Waals surface area (Å²) in [6, 6.07) is 15.3. The van der Waals surface area contributed by atoms with E-state index in [1.807, 2.05) is 30.3 Å². The largest absolute Gasteiger partial charge is 0.372 e. The highest BCUT2D eigenvalue weighted by atomic mass is 32.1. The number of H-pyrrole nitrogens is 1. The molecule has 0 atom stereocenters. The van der Waals surface area contributed by atoms with Crippen molar-refractivity contribution in [3.05, 3.63) is 69.2 Å². The van der Waals surface area contributed by atoms with Gasteiger partial charge in [0.1, 0.15) is 0 Å². The molecule has 6 heteroatoms. The maximum Gasteiger partial charge on any atom is 0.282 e. The summed E-state index contributed by atoms with van der Waals surface area (Å²) in [6.45, 7) is 6.19. The van der Waals surface area contributed by atoms with Crippen LogP contribution in [0.5, 0.6) is 0 Å². The molecule has 0 bridgehead atoms. The Morgan fingerprint density at radius 1 is 1.12 bits per heavy atom. The predicted octanol–water partition coefficient (Wildman–Crippen LogP) is 3.79. The molecule has 5 nitrogen and oxygen atoms in total. The molecule has 1 aromatic heterocycles. The fraction of sp³-hybridized carbons (Fsp3) is 0.211. The molecular weight excluding hydrogens is 332 g/mol. The van der Waals surface area contributed by atoms with Gasteiger partial charge in [-0.05, 0) is 55.9 Å². The number of para-hydroxylation sites is 1. The van der Waals surface area contributed by atoms with Gasteiger partial charge in [0.15, 0.2) is 0 Å². The average Bonchev–Trinajstić information content (AvgIpc) is 2.64. The van der Waals surface area contributed by atoms with Crippen molar-refractivity contribution in [3.63, 3.8) is 0 Å². The number of benzene rings is 2. The van der Waals surface area contributed by atoms with Gasteiger partial charge < -0.3 is 9.88 Å². The van der Waals surface area contributed by atoms with Crippen LogP contribution in [-0.2, 0) is 0 Å². The second-order valence-electron chi connectivity index (χ2n) is 5.60. The van der Waals surface area contributed by atoms with Gasteiger partial charge in [0.25, 0.3) is 5.56 Å². The van der Waals surface area contributed by atoms with E-state index >= 15 is 0 Å². The topological polar surface area (TPSA) is 53.4 Å². The highest BCUT2D eigenvalue weighted by Crippen LogP contribution is 2.14. The molecule has 128 valence electrons. The molecule has 0 saturated heterocycles. The van der Waals surface area contributed by atoms with Crippen LogP contribution in [0, 0.1) is 4.77 Å². The quantitative estimate of drug-likeness (QED) is 0.561. The lowest BCUT2D eigenvalue weighted by Crippen LogP contribution is -2.21. The SMILES string of the molecule is CCN(CC)c1ccc(/C=N\n2c(=S)[nH]c3ccccc3c2=O)cc1. The van der Waals surface area contributed by atoms with E-state index in [0.717, 1.165) is 18.7 Å². The third-order valence-electron chi connectivity index (χ3n) is 4.13. The van der Waals surface area contributed by atoms with Crippen molar-refractivity contribution in [1.29, 1.82) is 0 Å². The monoisotopic (exact) mass is 352 g/mol. The van der Waals surface area contributed by atoms with Gasteiger partial charge in [-0.3, -0.25) is 4.79 Å². The Labute approximate surface area is 151 Å². The van der Waals surface area contributed by atoms with Gasteiger partial charge in [0, 0.05) is 18.8 Å². The van der Waals surface area contributed by atoms with Gasteiger partial charge in [-0.15, -0.1) is 0 Å². The Balaban J connectivity index is 1.93. The third kappa shape index (κ3) is 3.53. The first-order valence-electron chi connectivity index (χ1n) is 8.27. The minimum absolute atomic E-state index is 0.227. The average molecular weight is 352 g/mol. The standard InChI is InChI=1S/C19H20N4OS/c1-3-22(4-2)15-11-9-14(10-12-15)13-20-23-18(24)16-7-5-6-8-17(16)21-19(23)25/h5-13H,3-4H2,1-2H3,(H,21,25)/b20-13-. The van der Waals surface area contributed by atoms with Gasteiger partial charge >= 0.3 is 0 Å². The van der Waals surface area contributed by atoms with Gasteiger partial charge in [-0.25, -0.2) is 0 Å². The first-order valence-corrected chi connectivity index (χ1v) is 8.68. The Morgan fingerprint density at radius 3 is 2.48 bits per heavy atom. The Hall–Kier alpha value is -2.73. The lowest BCUT2D eigenvalue weighted by atomic mass is 10.2. The van der Waals surface area contributed by atoms with Crippen molar-refractivity contribution in [2.45, 2.75) is 13.8 Å². The van der Waals surface area contributed by atoms with Crippen molar-refractivity contribution >= 4 is 35.0 Å². The van der Waals surface area contributed by atoms with E-state index in [0.29, 0.717) is 10.9 Å². The maximum atomic E-state index is 12.5. The van der Waals surface area contributed by atoms with Crippen molar-refractivity contribution in [3.8, 4) is 0 Å². The molecule has 0 amide bonds. The number of anilines is 1. The smallest absolute Gasteiger partial charge is 0.282 e. The number of hydrogen-bond acceptors (Lipinski definition) is 4. The number of aromatic amines is 1. The van der Waals surface area contributed by atoms with E-state index in [9.17, 15) is 4.79 Å². The third-order valence-corrected chi connectivity index (χ3v) is 4.40. The highest BCUT2D eigenvalue weighted by Gasteiger charge is 2.04. The molecule has 2 aromatic carbocycles. The fourth-order valence-electron chi connectivity index (χ4n) is 2.74. The van der Waals surface area contributed by atoms with Crippen LogP contribution in [0.15, 0.2) is 58.4 Å². The number of aromatic nitrogens is 2. The Bertz CT molecular complexity index is 1010. The summed E-state index contributed by atoms with van der Waals surface area (Å²) in [5.41, 5.74) is 2.57. The van der Waals surface area contributed by atoms with Crippen LogP contribution in [0.2, 0.25) is 0 Å². The summed E-state index contributed by atoms with van der Waals surface area (Å²) in [4.78, 5) is 17.8. The first-order chi connectivity index (χ1) is 12.1. The number of nitrogens with zero attached hydrogens (tertiary/aromatic N) is 3. The molecule has 3 aromatic rings. The maximum absolute atomic E-state index is 12.5. The Kier molecular flexibility index (Phi) is 5.09. The second kappa shape index (κ2) is 7.44. The molecule has 1 N–H and O–H groups in total. The predicted molar refractivity (Wildman–Crippen MR) is 106 cm³/mol. The van der Waals surface area contributed by atoms with Crippen LogP contribution >= 0.6 is 12.2 Å². The van der Waals surface area contributed by atoms with E-state index in [1.54, 1.807) is 12.3 Å². The van der Waals surface area contributed by atoms with Crippen molar-refractivity contribution < 1.29 is 0 Å². The lowest BCUT2D eigenvalue weighted by molar-refractivity contribution is 0.800. The van der Waals surface area contributed by atoms with E-state index < -0.39 is 0 Å². The van der Waals surface area contributed by atoms with Crippen molar-refractivity contribution in [2.75, 3.05) is 18.0 Å². The van der Waals surface area contributed by atoms with Crippen LogP contribution in [0.3, 0.4) is 0 Å². The summed E-state index contributed by atoms with van der Waals surface area (Å²) in [6.07, 6.45) is 1.64. The molecule has 0 aliphatic rings. The molecule has 25 heavy (non-hydrogen) atoms. The van der Waals surface area contributed by atoms with E-state index in [4.69, 9.17) is 12.2 Å². The van der Waals surface area contributed by atoms with Gasteiger partial charge in [-0.1, -0.05) is 24.3 Å². The summed E-state index contributed by atoms with van der Waals surface area (Å²) in [7, 11) is 0. The number of fused-ring (bicyclic) bond motifs is 1. The minimum Gasteiger partial charge on any atom is -0.372 e. The van der Waals surface area contributed by atoms with Crippen LogP contribution in [-0.4, -0.2) is 29.0 Å². The van der Waals surface area contributed by atoms with E-state index in [-0.39, 0.29) is 10.3 Å². The fourth-order valence-corrected chi connectivity index (χ4v) is 2.98. The van der Waals surface area contributed by atoms with Crippen LogP contribution in [0.4, 0.5) is 5.69 Å². The van der Waals surface area contributed by atoms with Gasteiger partial charge in [0.05, 0.1) is 17.1 Å². The van der Waals surface area contributed by atoms with Crippen LogP contribution in [0.25, 0.3) is 10.9 Å². The molecule has 0 aliphatic heterocycles. The van der Waals surface area contributed by atoms with Crippen LogP contribution < -0.4 is 10.5 Å². The lowest BCUT2D eigenvalue weighted by Gasteiger charge is -2.20. The number of rotatable bonds is 5. The summed E-state index contributed by atoms with van der Waals surface area (Å²) >= 11 is 5.26. The molecule has 0 fully saturated rings. The first kappa shape index (κ1) is 17.1. The molecule has 0 aliphatic carbocycles. The molecule has 1 heterocycles. The Morgan fingerprint density at radius 2 is 1.80 bits per heavy atom. The molecular formula is C19H20N4OS. The van der Waals surface area contributed by atoms with Crippen LogP contribution in [0.1, 0.15) is 19.4 Å². The normalized spacial score (nSPS) is 11.3. The molecule has 0 spiro atoms. The summed E-state index contributed by atoms with van der Waals surface area (Å²) in [5.74, 6) is 0. The molecule has 0 unspecified atom stereocenters. The zero-order valence-corrected chi connectivity index (χ0v) is 15.1. The minimum atomic E-state index is -0.227. The number of nitrogens with one attached hydrogen (secondary N) is 1. The van der Waals surface area contributed by atoms with Gasteiger partial charge in [-0.2, -0.15) is 9.78 Å². The van der Waals surface area contributed by atoms with E-state index in [2.05, 4.69) is 41.0 Å². The second-order valence-corrected chi connectivity index (χ2v) is 5.99. The number of hydrogen-bond donors (Lipinski definition) is 1. The molecule has 0 saturated carbocycles. The summed E-state index contributed by atoms with van der Waals surface area (Å²) in [5, 5.41) is 4.83. The van der Waals surface area contributed by atoms with Crippen molar-refractivity contribution in [2.24, 2.45) is 5.10 Å². The molecule has 0 radical (unpaired) electrons.